The van der Waals surface area contributed by atoms with Crippen molar-refractivity contribution in [1.82, 2.24) is 4.98 Å². The lowest BCUT2D eigenvalue weighted by Crippen LogP contribution is -2.32. The van der Waals surface area contributed by atoms with Gasteiger partial charge >= 0.3 is 0 Å². The maximum atomic E-state index is 10.9. The minimum absolute atomic E-state index is 0.111. The molecular formula is C10H15N5O3. The van der Waals surface area contributed by atoms with Crippen molar-refractivity contribution in [3.05, 3.63) is 22.2 Å². The van der Waals surface area contributed by atoms with E-state index in [0.717, 1.165) is 0 Å². The molecule has 0 aliphatic rings. The van der Waals surface area contributed by atoms with E-state index >= 15 is 0 Å². The Kier molecular flexibility index (Phi) is 4.41. The van der Waals surface area contributed by atoms with Crippen molar-refractivity contribution in [2.45, 2.75) is 19.9 Å². The van der Waals surface area contributed by atoms with Crippen LogP contribution in [0.5, 0.6) is 0 Å². The van der Waals surface area contributed by atoms with Gasteiger partial charge in [0.25, 0.3) is 5.69 Å². The number of hydrogen-bond acceptors (Lipinski definition) is 6. The molecule has 8 nitrogen and oxygen atoms in total. The van der Waals surface area contributed by atoms with Crippen molar-refractivity contribution in [2.75, 3.05) is 17.2 Å². The molecule has 1 aromatic heterocycles. The average Bonchev–Trinajstić information content (AvgIpc) is 2.28. The molecule has 0 saturated heterocycles. The molecule has 1 heterocycles. The Morgan fingerprint density at radius 3 is 2.67 bits per heavy atom. The number of aromatic nitrogens is 1. The fourth-order valence-electron chi connectivity index (χ4n) is 1.26. The Bertz CT molecular complexity index is 463. The van der Waals surface area contributed by atoms with E-state index in [0.29, 0.717) is 12.4 Å². The molecule has 4 N–H and O–H groups in total. The summed E-state index contributed by atoms with van der Waals surface area (Å²) in [6.07, 6.45) is 0. The molecule has 0 fully saturated rings. The lowest BCUT2D eigenvalue weighted by Gasteiger charge is -2.12. The van der Waals surface area contributed by atoms with Gasteiger partial charge < -0.3 is 16.4 Å². The molecule has 0 radical (unpaired) electrons. The van der Waals surface area contributed by atoms with E-state index in [1.54, 1.807) is 6.92 Å². The lowest BCUT2D eigenvalue weighted by atomic mass is 10.3. The Morgan fingerprint density at radius 1 is 1.56 bits per heavy atom. The number of amides is 1. The second-order valence-electron chi connectivity index (χ2n) is 3.65. The average molecular weight is 253 g/mol. The van der Waals surface area contributed by atoms with Gasteiger partial charge in [0.05, 0.1) is 17.1 Å². The zero-order chi connectivity index (χ0) is 13.7. The molecule has 0 spiro atoms. The SMILES string of the molecule is CCNc1cc([N+](=O)[O-])cc(NC(C)C(N)=O)n1. The van der Waals surface area contributed by atoms with Gasteiger partial charge in [0.1, 0.15) is 17.7 Å². The summed E-state index contributed by atoms with van der Waals surface area (Å²) >= 11 is 0. The predicted octanol–water partition coefficient (Wildman–Crippen LogP) is 0.707. The highest BCUT2D eigenvalue weighted by molar-refractivity contribution is 5.82. The number of pyridine rings is 1. The van der Waals surface area contributed by atoms with Gasteiger partial charge in [0.15, 0.2) is 0 Å². The Morgan fingerprint density at radius 2 is 2.17 bits per heavy atom. The van der Waals surface area contributed by atoms with Crippen molar-refractivity contribution in [2.24, 2.45) is 5.73 Å². The third-order valence-corrected chi connectivity index (χ3v) is 2.17. The van der Waals surface area contributed by atoms with Crippen molar-refractivity contribution < 1.29 is 9.72 Å². The van der Waals surface area contributed by atoms with Crippen LogP contribution < -0.4 is 16.4 Å². The summed E-state index contributed by atoms with van der Waals surface area (Å²) in [5.41, 5.74) is 4.99. The maximum Gasteiger partial charge on any atom is 0.276 e. The zero-order valence-electron chi connectivity index (χ0n) is 10.1. The van der Waals surface area contributed by atoms with E-state index in [1.165, 1.54) is 12.1 Å². The molecule has 0 aliphatic carbocycles. The second-order valence-corrected chi connectivity index (χ2v) is 3.65. The largest absolute Gasteiger partial charge is 0.370 e. The lowest BCUT2D eigenvalue weighted by molar-refractivity contribution is -0.384. The smallest absolute Gasteiger partial charge is 0.276 e. The van der Waals surface area contributed by atoms with Gasteiger partial charge in [-0.25, -0.2) is 4.98 Å². The number of nitrogens with two attached hydrogens (primary N) is 1. The first kappa shape index (κ1) is 13.7. The van der Waals surface area contributed by atoms with Crippen LogP contribution in [0, 0.1) is 10.1 Å². The summed E-state index contributed by atoms with van der Waals surface area (Å²) in [6, 6.07) is 1.91. The van der Waals surface area contributed by atoms with Crippen LogP contribution in [-0.4, -0.2) is 28.4 Å². The predicted molar refractivity (Wildman–Crippen MR) is 67.3 cm³/mol. The molecule has 1 amide bonds. The van der Waals surface area contributed by atoms with E-state index < -0.39 is 16.9 Å². The van der Waals surface area contributed by atoms with Gasteiger partial charge in [0.2, 0.25) is 5.91 Å². The van der Waals surface area contributed by atoms with Gasteiger partial charge in [-0.2, -0.15) is 0 Å². The number of nitro groups is 1. The fraction of sp³-hybridized carbons (Fsp3) is 0.400. The molecule has 0 aliphatic heterocycles. The van der Waals surface area contributed by atoms with Gasteiger partial charge in [0, 0.05) is 6.54 Å². The quantitative estimate of drug-likeness (QED) is 0.506. The van der Waals surface area contributed by atoms with Gasteiger partial charge in [-0.05, 0) is 13.8 Å². The summed E-state index contributed by atoms with van der Waals surface area (Å²) in [4.78, 5) is 25.2. The van der Waals surface area contributed by atoms with Crippen molar-refractivity contribution in [1.29, 1.82) is 0 Å². The summed E-state index contributed by atoms with van der Waals surface area (Å²) in [6.45, 7) is 3.98. The number of carbonyl (C=O) groups excluding carboxylic acids is 1. The number of carbonyl (C=O) groups is 1. The molecule has 18 heavy (non-hydrogen) atoms. The van der Waals surface area contributed by atoms with Crippen molar-refractivity contribution in [3.8, 4) is 0 Å². The third kappa shape index (κ3) is 3.58. The minimum atomic E-state index is -0.658. The molecule has 0 saturated carbocycles. The summed E-state index contributed by atoms with van der Waals surface area (Å²) in [7, 11) is 0. The van der Waals surface area contributed by atoms with Crippen molar-refractivity contribution in [3.63, 3.8) is 0 Å². The van der Waals surface area contributed by atoms with Crippen LogP contribution in [0.4, 0.5) is 17.3 Å². The van der Waals surface area contributed by atoms with Crippen LogP contribution in [0.25, 0.3) is 0 Å². The summed E-state index contributed by atoms with van der Waals surface area (Å²) in [5, 5.41) is 16.3. The first-order valence-corrected chi connectivity index (χ1v) is 5.40. The van der Waals surface area contributed by atoms with E-state index in [9.17, 15) is 14.9 Å². The van der Waals surface area contributed by atoms with E-state index in [1.807, 2.05) is 6.92 Å². The highest BCUT2D eigenvalue weighted by Gasteiger charge is 2.14. The molecule has 8 heteroatoms. The number of nitrogens with zero attached hydrogens (tertiary/aromatic N) is 2. The topological polar surface area (TPSA) is 123 Å². The fourth-order valence-corrected chi connectivity index (χ4v) is 1.26. The number of hydrogen-bond donors (Lipinski definition) is 3. The van der Waals surface area contributed by atoms with Crippen LogP contribution in [-0.2, 0) is 4.79 Å². The summed E-state index contributed by atoms with van der Waals surface area (Å²) in [5.74, 6) is 0.0330. The zero-order valence-corrected chi connectivity index (χ0v) is 10.1. The molecule has 1 rings (SSSR count). The first-order valence-electron chi connectivity index (χ1n) is 5.40. The number of rotatable bonds is 6. The number of nitrogens with one attached hydrogen (secondary N) is 2. The molecule has 1 unspecified atom stereocenters. The van der Waals surface area contributed by atoms with Crippen LogP contribution in [0.15, 0.2) is 12.1 Å². The highest BCUT2D eigenvalue weighted by Crippen LogP contribution is 2.20. The van der Waals surface area contributed by atoms with Crippen LogP contribution in [0.3, 0.4) is 0 Å². The minimum Gasteiger partial charge on any atom is -0.370 e. The highest BCUT2D eigenvalue weighted by atomic mass is 16.6. The monoisotopic (exact) mass is 253 g/mol. The maximum absolute atomic E-state index is 10.9. The van der Waals surface area contributed by atoms with Gasteiger partial charge in [-0.3, -0.25) is 14.9 Å². The Labute approximate surface area is 104 Å². The Hall–Kier alpha value is -2.38. The molecule has 0 bridgehead atoms. The van der Waals surface area contributed by atoms with Crippen LogP contribution in [0.2, 0.25) is 0 Å². The van der Waals surface area contributed by atoms with Gasteiger partial charge in [-0.1, -0.05) is 0 Å². The van der Waals surface area contributed by atoms with E-state index in [-0.39, 0.29) is 11.5 Å². The van der Waals surface area contributed by atoms with E-state index in [2.05, 4.69) is 15.6 Å². The molecule has 1 atom stereocenters. The van der Waals surface area contributed by atoms with Crippen LogP contribution >= 0.6 is 0 Å². The normalized spacial score (nSPS) is 11.7. The Balaban J connectivity index is 3.02. The van der Waals surface area contributed by atoms with Crippen molar-refractivity contribution >= 4 is 23.2 Å². The van der Waals surface area contributed by atoms with Crippen LogP contribution in [0.1, 0.15) is 13.8 Å². The first-order chi connectivity index (χ1) is 8.43. The molecule has 0 aromatic carbocycles. The summed E-state index contributed by atoms with van der Waals surface area (Å²) < 4.78 is 0. The number of anilines is 2. The number of primary amides is 1. The second kappa shape index (κ2) is 5.80. The standard InChI is InChI=1S/C10H15N5O3/c1-3-12-8-4-7(15(17)18)5-9(14-8)13-6(2)10(11)16/h4-6H,3H2,1-2H3,(H2,11,16)(H2,12,13,14). The third-order valence-electron chi connectivity index (χ3n) is 2.17. The molecule has 1 aromatic rings. The van der Waals surface area contributed by atoms with Gasteiger partial charge in [-0.15, -0.1) is 0 Å². The molecular weight excluding hydrogens is 238 g/mol. The van der Waals surface area contributed by atoms with E-state index in [4.69, 9.17) is 5.73 Å². The molecule has 98 valence electrons.